The summed E-state index contributed by atoms with van der Waals surface area (Å²) in [5.74, 6) is 0. The molecule has 0 bridgehead atoms. The summed E-state index contributed by atoms with van der Waals surface area (Å²) in [6, 6.07) is 11.3. The smallest absolute Gasteiger partial charge is 0.0728 e. The number of rotatable bonds is 8. The van der Waals surface area contributed by atoms with Crippen molar-refractivity contribution in [1.82, 2.24) is 5.32 Å². The van der Waals surface area contributed by atoms with E-state index in [1.54, 1.807) is 0 Å². The number of aryl methyl sites for hydroxylation is 1. The van der Waals surface area contributed by atoms with Gasteiger partial charge in [-0.1, -0.05) is 56.5 Å². The van der Waals surface area contributed by atoms with Gasteiger partial charge >= 0.3 is 0 Å². The second kappa shape index (κ2) is 9.97. The molecular formula is C19H31NO. The Morgan fingerprint density at radius 3 is 2.71 bits per heavy atom. The van der Waals surface area contributed by atoms with Crippen LogP contribution in [0.5, 0.6) is 0 Å². The van der Waals surface area contributed by atoms with Crippen LogP contribution in [0.2, 0.25) is 0 Å². The Balaban J connectivity index is 1.70. The first-order chi connectivity index (χ1) is 10.4. The molecular weight excluding hydrogens is 258 g/mol. The maximum absolute atomic E-state index is 6.23. The Bertz CT molecular complexity index is 365. The molecule has 0 amide bonds. The molecule has 0 radical (unpaired) electrons. The maximum atomic E-state index is 6.23. The second-order valence-corrected chi connectivity index (χ2v) is 6.20. The molecule has 1 aromatic carbocycles. The lowest BCUT2D eigenvalue weighted by Crippen LogP contribution is -2.41. The fraction of sp³-hybridized carbons (Fsp3) is 0.684. The molecule has 1 aromatic rings. The SMILES string of the molecule is CCCNC1CCCCCC1OCCCc1ccccc1. The minimum Gasteiger partial charge on any atom is -0.377 e. The lowest BCUT2D eigenvalue weighted by molar-refractivity contribution is 0.0210. The molecule has 1 saturated carbocycles. The molecule has 1 aliphatic rings. The Labute approximate surface area is 130 Å². The van der Waals surface area contributed by atoms with Crippen LogP contribution in [0.1, 0.15) is 57.4 Å². The summed E-state index contributed by atoms with van der Waals surface area (Å²) in [7, 11) is 0. The standard InChI is InChI=1S/C19H31NO/c1-2-15-20-18-13-7-4-8-14-19(18)21-16-9-12-17-10-5-3-6-11-17/h3,5-6,10-11,18-20H,2,4,7-9,12-16H2,1H3. The largest absolute Gasteiger partial charge is 0.377 e. The van der Waals surface area contributed by atoms with Gasteiger partial charge < -0.3 is 10.1 Å². The molecule has 21 heavy (non-hydrogen) atoms. The van der Waals surface area contributed by atoms with Gasteiger partial charge in [-0.25, -0.2) is 0 Å². The molecule has 1 fully saturated rings. The number of benzene rings is 1. The van der Waals surface area contributed by atoms with Crippen LogP contribution in [0, 0.1) is 0 Å². The third-order valence-electron chi connectivity index (χ3n) is 4.39. The summed E-state index contributed by atoms with van der Waals surface area (Å²) in [4.78, 5) is 0. The molecule has 2 rings (SSSR count). The van der Waals surface area contributed by atoms with Crippen molar-refractivity contribution >= 4 is 0 Å². The third kappa shape index (κ3) is 6.19. The molecule has 2 unspecified atom stereocenters. The zero-order valence-electron chi connectivity index (χ0n) is 13.5. The fourth-order valence-electron chi connectivity index (χ4n) is 3.19. The molecule has 2 atom stereocenters. The van der Waals surface area contributed by atoms with Gasteiger partial charge in [-0.05, 0) is 44.2 Å². The average molecular weight is 289 g/mol. The van der Waals surface area contributed by atoms with E-state index in [0.29, 0.717) is 12.1 Å². The highest BCUT2D eigenvalue weighted by molar-refractivity contribution is 5.14. The molecule has 0 spiro atoms. The average Bonchev–Trinajstić information content (AvgIpc) is 2.76. The lowest BCUT2D eigenvalue weighted by Gasteiger charge is -2.26. The summed E-state index contributed by atoms with van der Waals surface area (Å²) in [5, 5.41) is 3.69. The van der Waals surface area contributed by atoms with Gasteiger partial charge in [0.05, 0.1) is 6.10 Å². The van der Waals surface area contributed by atoms with Crippen LogP contribution in [-0.2, 0) is 11.2 Å². The second-order valence-electron chi connectivity index (χ2n) is 6.20. The minimum absolute atomic E-state index is 0.426. The van der Waals surface area contributed by atoms with Gasteiger partial charge in [0.15, 0.2) is 0 Å². The number of hydrogen-bond acceptors (Lipinski definition) is 2. The molecule has 118 valence electrons. The van der Waals surface area contributed by atoms with Crippen molar-refractivity contribution in [2.75, 3.05) is 13.2 Å². The highest BCUT2D eigenvalue weighted by atomic mass is 16.5. The zero-order chi connectivity index (χ0) is 14.8. The molecule has 1 aliphatic carbocycles. The van der Waals surface area contributed by atoms with Crippen LogP contribution in [0.25, 0.3) is 0 Å². The van der Waals surface area contributed by atoms with E-state index in [0.717, 1.165) is 26.0 Å². The molecule has 0 aliphatic heterocycles. The fourth-order valence-corrected chi connectivity index (χ4v) is 3.19. The molecule has 1 N–H and O–H groups in total. The van der Waals surface area contributed by atoms with Crippen LogP contribution in [0.4, 0.5) is 0 Å². The van der Waals surface area contributed by atoms with Crippen molar-refractivity contribution in [3.63, 3.8) is 0 Å². The van der Waals surface area contributed by atoms with Crippen molar-refractivity contribution in [3.05, 3.63) is 35.9 Å². The van der Waals surface area contributed by atoms with Gasteiger partial charge in [0.25, 0.3) is 0 Å². The van der Waals surface area contributed by atoms with Gasteiger partial charge in [-0.15, -0.1) is 0 Å². The minimum atomic E-state index is 0.426. The summed E-state index contributed by atoms with van der Waals surface area (Å²) in [5.41, 5.74) is 1.42. The first-order valence-electron chi connectivity index (χ1n) is 8.79. The lowest BCUT2D eigenvalue weighted by atomic mass is 10.1. The summed E-state index contributed by atoms with van der Waals surface area (Å²) in [6.45, 7) is 4.25. The number of ether oxygens (including phenoxy) is 1. The Morgan fingerprint density at radius 1 is 1.10 bits per heavy atom. The van der Waals surface area contributed by atoms with E-state index in [1.165, 1.54) is 44.1 Å². The van der Waals surface area contributed by atoms with Gasteiger partial charge in [0.2, 0.25) is 0 Å². The van der Waals surface area contributed by atoms with Crippen molar-refractivity contribution in [3.8, 4) is 0 Å². The molecule has 2 nitrogen and oxygen atoms in total. The third-order valence-corrected chi connectivity index (χ3v) is 4.39. The van der Waals surface area contributed by atoms with Gasteiger partial charge in [0.1, 0.15) is 0 Å². The highest BCUT2D eigenvalue weighted by Crippen LogP contribution is 2.21. The quantitative estimate of drug-likeness (QED) is 0.568. The molecule has 0 saturated heterocycles. The van der Waals surface area contributed by atoms with Crippen molar-refractivity contribution < 1.29 is 4.74 Å². The summed E-state index contributed by atoms with van der Waals surface area (Å²) in [6.07, 6.45) is 10.4. The van der Waals surface area contributed by atoms with E-state index < -0.39 is 0 Å². The monoisotopic (exact) mass is 289 g/mol. The zero-order valence-corrected chi connectivity index (χ0v) is 13.5. The first-order valence-corrected chi connectivity index (χ1v) is 8.79. The van der Waals surface area contributed by atoms with Crippen LogP contribution < -0.4 is 5.32 Å². The molecule has 0 heterocycles. The number of hydrogen-bond donors (Lipinski definition) is 1. The van der Waals surface area contributed by atoms with Crippen LogP contribution >= 0.6 is 0 Å². The summed E-state index contributed by atoms with van der Waals surface area (Å²) < 4.78 is 6.23. The van der Waals surface area contributed by atoms with Crippen molar-refractivity contribution in [1.29, 1.82) is 0 Å². The van der Waals surface area contributed by atoms with E-state index >= 15 is 0 Å². The van der Waals surface area contributed by atoms with Crippen LogP contribution in [0.3, 0.4) is 0 Å². The van der Waals surface area contributed by atoms with E-state index in [-0.39, 0.29) is 0 Å². The van der Waals surface area contributed by atoms with E-state index in [1.807, 2.05) is 0 Å². The highest BCUT2D eigenvalue weighted by Gasteiger charge is 2.23. The summed E-state index contributed by atoms with van der Waals surface area (Å²) >= 11 is 0. The van der Waals surface area contributed by atoms with E-state index in [2.05, 4.69) is 42.6 Å². The Kier molecular flexibility index (Phi) is 7.83. The Hall–Kier alpha value is -0.860. The topological polar surface area (TPSA) is 21.3 Å². The van der Waals surface area contributed by atoms with Gasteiger partial charge in [0, 0.05) is 12.6 Å². The predicted molar refractivity (Wildman–Crippen MR) is 89.7 cm³/mol. The maximum Gasteiger partial charge on any atom is 0.0728 e. The van der Waals surface area contributed by atoms with Gasteiger partial charge in [-0.3, -0.25) is 0 Å². The van der Waals surface area contributed by atoms with Crippen molar-refractivity contribution in [2.24, 2.45) is 0 Å². The predicted octanol–water partition coefficient (Wildman–Crippen LogP) is 4.34. The number of nitrogens with one attached hydrogen (secondary N) is 1. The van der Waals surface area contributed by atoms with Crippen LogP contribution in [-0.4, -0.2) is 25.3 Å². The molecule has 0 aromatic heterocycles. The van der Waals surface area contributed by atoms with E-state index in [4.69, 9.17) is 4.74 Å². The van der Waals surface area contributed by atoms with Gasteiger partial charge in [-0.2, -0.15) is 0 Å². The molecule has 2 heteroatoms. The normalized spacial score (nSPS) is 22.9. The van der Waals surface area contributed by atoms with Crippen molar-refractivity contribution in [2.45, 2.75) is 70.4 Å². The Morgan fingerprint density at radius 2 is 1.90 bits per heavy atom. The van der Waals surface area contributed by atoms with E-state index in [9.17, 15) is 0 Å². The first kappa shape index (κ1) is 16.5. The van der Waals surface area contributed by atoms with Crippen LogP contribution in [0.15, 0.2) is 30.3 Å².